The zero-order chi connectivity index (χ0) is 22.6. The molecule has 2 aromatic rings. The quantitative estimate of drug-likeness (QED) is 0.487. The first-order valence-corrected chi connectivity index (χ1v) is 11.3. The maximum absolute atomic E-state index is 13.4. The van der Waals surface area contributed by atoms with E-state index in [9.17, 15) is 18.4 Å². The highest BCUT2D eigenvalue weighted by molar-refractivity contribution is 7.92. The van der Waals surface area contributed by atoms with Gasteiger partial charge < -0.3 is 9.64 Å². The molecule has 1 aliphatic heterocycles. The minimum Gasteiger partial charge on any atom is -0.497 e. The van der Waals surface area contributed by atoms with Crippen molar-refractivity contribution in [1.29, 1.82) is 0 Å². The molecule has 1 amide bonds. The molecule has 2 aromatic carbocycles. The number of nitrogens with zero attached hydrogens (tertiary/aromatic N) is 3. The van der Waals surface area contributed by atoms with Crippen LogP contribution in [0.5, 0.6) is 5.75 Å². The van der Waals surface area contributed by atoms with Gasteiger partial charge in [0.1, 0.15) is 5.75 Å². The first-order chi connectivity index (χ1) is 14.8. The Kier molecular flexibility index (Phi) is 7.16. The molecule has 1 fully saturated rings. The molecule has 9 nitrogen and oxygen atoms in total. The molecule has 0 saturated carbocycles. The average molecular weight is 449 g/mol. The van der Waals surface area contributed by atoms with Crippen molar-refractivity contribution in [3.8, 4) is 5.75 Å². The van der Waals surface area contributed by atoms with Crippen LogP contribution < -0.4 is 14.5 Å². The Bertz CT molecular complexity index is 1020. The SMILES string of the molecule is COc1ccc(S(=O)(=O)N(C)c2c(CN3CCN(C)CC3)cccc2C(=O)NO)cc1. The fourth-order valence-corrected chi connectivity index (χ4v) is 4.86. The van der Waals surface area contributed by atoms with Crippen molar-refractivity contribution in [2.75, 3.05) is 51.7 Å². The Morgan fingerprint density at radius 1 is 1.13 bits per heavy atom. The molecule has 0 aromatic heterocycles. The van der Waals surface area contributed by atoms with Gasteiger partial charge in [0.2, 0.25) is 0 Å². The van der Waals surface area contributed by atoms with Crippen molar-refractivity contribution >= 4 is 21.6 Å². The number of anilines is 1. The van der Waals surface area contributed by atoms with Gasteiger partial charge in [-0.2, -0.15) is 0 Å². The average Bonchev–Trinajstić information content (AvgIpc) is 2.79. The molecule has 1 saturated heterocycles. The molecule has 0 spiro atoms. The molecule has 168 valence electrons. The molecule has 0 unspecified atom stereocenters. The highest BCUT2D eigenvalue weighted by Gasteiger charge is 2.28. The van der Waals surface area contributed by atoms with E-state index in [1.165, 1.54) is 32.4 Å². The molecule has 10 heteroatoms. The van der Waals surface area contributed by atoms with Crippen molar-refractivity contribution in [2.45, 2.75) is 11.4 Å². The molecule has 1 aliphatic rings. The van der Waals surface area contributed by atoms with E-state index >= 15 is 0 Å². The number of carbonyl (C=O) groups excluding carboxylic acids is 1. The number of methoxy groups -OCH3 is 1. The number of hydrogen-bond acceptors (Lipinski definition) is 7. The van der Waals surface area contributed by atoms with Crippen LogP contribution in [0.2, 0.25) is 0 Å². The molecular weight excluding hydrogens is 420 g/mol. The van der Waals surface area contributed by atoms with Gasteiger partial charge >= 0.3 is 0 Å². The van der Waals surface area contributed by atoms with Gasteiger partial charge in [-0.15, -0.1) is 0 Å². The maximum atomic E-state index is 13.4. The van der Waals surface area contributed by atoms with E-state index in [0.717, 1.165) is 30.5 Å². The summed E-state index contributed by atoms with van der Waals surface area (Å²) in [4.78, 5) is 16.9. The Labute approximate surface area is 182 Å². The summed E-state index contributed by atoms with van der Waals surface area (Å²) in [5.41, 5.74) is 2.62. The van der Waals surface area contributed by atoms with Crippen LogP contribution in [0, 0.1) is 0 Å². The van der Waals surface area contributed by atoms with Gasteiger partial charge in [-0.1, -0.05) is 12.1 Å². The summed E-state index contributed by atoms with van der Waals surface area (Å²) in [7, 11) is 1.01. The fraction of sp³-hybridized carbons (Fsp3) is 0.381. The predicted molar refractivity (Wildman–Crippen MR) is 117 cm³/mol. The zero-order valence-electron chi connectivity index (χ0n) is 17.9. The number of para-hydroxylation sites is 1. The lowest BCUT2D eigenvalue weighted by Gasteiger charge is -2.33. The number of rotatable bonds is 7. The smallest absolute Gasteiger partial charge is 0.276 e. The summed E-state index contributed by atoms with van der Waals surface area (Å²) in [6.45, 7) is 3.97. The highest BCUT2D eigenvalue weighted by Crippen LogP contribution is 2.31. The van der Waals surface area contributed by atoms with Gasteiger partial charge in [0.05, 0.1) is 23.3 Å². The summed E-state index contributed by atoms with van der Waals surface area (Å²) in [6.07, 6.45) is 0. The maximum Gasteiger partial charge on any atom is 0.276 e. The Hall–Kier alpha value is -2.66. The third-order valence-electron chi connectivity index (χ3n) is 5.49. The number of hydroxylamine groups is 1. The summed E-state index contributed by atoms with van der Waals surface area (Å²) in [5.74, 6) is -0.232. The van der Waals surface area contributed by atoms with E-state index in [1.54, 1.807) is 23.7 Å². The third-order valence-corrected chi connectivity index (χ3v) is 7.26. The topological polar surface area (TPSA) is 102 Å². The number of likely N-dealkylation sites (N-methyl/N-ethyl adjacent to an activating group) is 1. The van der Waals surface area contributed by atoms with Crippen LogP contribution in [0.25, 0.3) is 0 Å². The van der Waals surface area contributed by atoms with Crippen molar-refractivity contribution in [1.82, 2.24) is 15.3 Å². The largest absolute Gasteiger partial charge is 0.497 e. The Morgan fingerprint density at radius 2 is 1.77 bits per heavy atom. The van der Waals surface area contributed by atoms with E-state index < -0.39 is 15.9 Å². The van der Waals surface area contributed by atoms with Crippen LogP contribution in [0.15, 0.2) is 47.4 Å². The Balaban J connectivity index is 2.02. The summed E-state index contributed by atoms with van der Waals surface area (Å²) < 4.78 is 32.9. The number of amides is 1. The minimum absolute atomic E-state index is 0.0700. The van der Waals surface area contributed by atoms with Gasteiger partial charge in [0.25, 0.3) is 15.9 Å². The molecule has 0 atom stereocenters. The summed E-state index contributed by atoms with van der Waals surface area (Å²) >= 11 is 0. The van der Waals surface area contributed by atoms with E-state index in [2.05, 4.69) is 16.8 Å². The number of carbonyl (C=O) groups is 1. The standard InChI is InChI=1S/C21H28N4O5S/c1-23-11-13-25(14-12-23)15-16-5-4-6-19(21(26)22-27)20(16)24(2)31(28,29)18-9-7-17(30-3)8-10-18/h4-10,27H,11-15H2,1-3H3,(H,22,26). The second kappa shape index (κ2) is 9.65. The van der Waals surface area contributed by atoms with Crippen LogP contribution in [-0.4, -0.2) is 76.7 Å². The number of nitrogens with one attached hydrogen (secondary N) is 1. The van der Waals surface area contributed by atoms with Crippen LogP contribution in [0.1, 0.15) is 15.9 Å². The second-order valence-electron chi connectivity index (χ2n) is 7.48. The van der Waals surface area contributed by atoms with Crippen molar-refractivity contribution in [2.24, 2.45) is 0 Å². The molecule has 1 heterocycles. The molecule has 3 rings (SSSR count). The van der Waals surface area contributed by atoms with Gasteiger partial charge in [-0.05, 0) is 42.9 Å². The second-order valence-corrected chi connectivity index (χ2v) is 9.45. The molecule has 0 bridgehead atoms. The number of ether oxygens (including phenoxy) is 1. The first kappa shape index (κ1) is 23.0. The predicted octanol–water partition coefficient (Wildman–Crippen LogP) is 1.39. The lowest BCUT2D eigenvalue weighted by Crippen LogP contribution is -2.44. The summed E-state index contributed by atoms with van der Waals surface area (Å²) in [6, 6.07) is 11.0. The van der Waals surface area contributed by atoms with Crippen LogP contribution in [0.4, 0.5) is 5.69 Å². The zero-order valence-corrected chi connectivity index (χ0v) is 18.7. The number of piperazine rings is 1. The third kappa shape index (κ3) is 4.99. The van der Waals surface area contributed by atoms with Crippen molar-refractivity contribution in [3.63, 3.8) is 0 Å². The van der Waals surface area contributed by atoms with Gasteiger partial charge in [-0.25, -0.2) is 13.9 Å². The first-order valence-electron chi connectivity index (χ1n) is 9.88. The molecule has 0 radical (unpaired) electrons. The number of benzene rings is 2. The molecular formula is C21H28N4O5S. The van der Waals surface area contributed by atoms with E-state index in [1.807, 2.05) is 6.07 Å². The minimum atomic E-state index is -3.96. The van der Waals surface area contributed by atoms with Crippen molar-refractivity contribution < 1.29 is 23.2 Å². The Morgan fingerprint density at radius 3 is 2.35 bits per heavy atom. The monoisotopic (exact) mass is 448 g/mol. The van der Waals surface area contributed by atoms with Crippen LogP contribution >= 0.6 is 0 Å². The van der Waals surface area contributed by atoms with E-state index in [0.29, 0.717) is 17.9 Å². The van der Waals surface area contributed by atoms with Gasteiger partial charge in [0.15, 0.2) is 0 Å². The van der Waals surface area contributed by atoms with Gasteiger partial charge in [0, 0.05) is 39.8 Å². The fourth-order valence-electron chi connectivity index (χ4n) is 3.61. The van der Waals surface area contributed by atoms with E-state index in [-0.39, 0.29) is 16.1 Å². The molecule has 2 N–H and O–H groups in total. The molecule has 31 heavy (non-hydrogen) atoms. The number of sulfonamides is 1. The normalized spacial score (nSPS) is 15.5. The van der Waals surface area contributed by atoms with Crippen molar-refractivity contribution in [3.05, 3.63) is 53.6 Å². The van der Waals surface area contributed by atoms with Crippen LogP contribution in [0.3, 0.4) is 0 Å². The summed E-state index contributed by atoms with van der Waals surface area (Å²) in [5, 5.41) is 9.22. The lowest BCUT2D eigenvalue weighted by molar-refractivity contribution is 0.0707. The van der Waals surface area contributed by atoms with Crippen LogP contribution in [-0.2, 0) is 16.6 Å². The van der Waals surface area contributed by atoms with E-state index in [4.69, 9.17) is 4.74 Å². The molecule has 0 aliphatic carbocycles. The highest BCUT2D eigenvalue weighted by atomic mass is 32.2. The lowest BCUT2D eigenvalue weighted by atomic mass is 10.1. The van der Waals surface area contributed by atoms with Gasteiger partial charge in [-0.3, -0.25) is 19.2 Å². The number of hydrogen-bond donors (Lipinski definition) is 2.